The van der Waals surface area contributed by atoms with Crippen molar-refractivity contribution in [3.8, 4) is 5.75 Å². The minimum Gasteiger partial charge on any atom is -0.496 e. The minimum atomic E-state index is -0.0562. The molecule has 0 heterocycles. The van der Waals surface area contributed by atoms with Crippen LogP contribution in [0.1, 0.15) is 12.5 Å². The van der Waals surface area contributed by atoms with Crippen LogP contribution in [0.2, 0.25) is 0 Å². The van der Waals surface area contributed by atoms with E-state index in [1.807, 2.05) is 25.1 Å². The number of amides is 1. The van der Waals surface area contributed by atoms with E-state index in [0.29, 0.717) is 12.3 Å². The molecule has 0 saturated heterocycles. The lowest BCUT2D eigenvalue weighted by Gasteiger charge is -2.13. The van der Waals surface area contributed by atoms with Crippen LogP contribution in [0.25, 0.3) is 0 Å². The molecule has 1 rings (SSSR count). The average Bonchev–Trinajstić information content (AvgIpc) is 2.29. The molecule has 0 spiro atoms. The third-order valence-corrected chi connectivity index (χ3v) is 2.85. The molecule has 1 aromatic rings. The van der Waals surface area contributed by atoms with E-state index < -0.39 is 0 Å². The van der Waals surface area contributed by atoms with Gasteiger partial charge in [-0.1, -0.05) is 15.9 Å². The standard InChI is InChI=1S/C12H17BrN2O2/c1-8(7-14)15-12(16)6-9-5-10(13)3-4-11(9)17-2/h3-5,8H,6-7,14H2,1-2H3,(H,15,16)/t8-/m0/s1. The van der Waals surface area contributed by atoms with Gasteiger partial charge in [-0.25, -0.2) is 0 Å². The highest BCUT2D eigenvalue weighted by molar-refractivity contribution is 9.10. The van der Waals surface area contributed by atoms with Crippen LogP contribution in [0.3, 0.4) is 0 Å². The Labute approximate surface area is 110 Å². The summed E-state index contributed by atoms with van der Waals surface area (Å²) in [5.41, 5.74) is 6.30. The number of benzene rings is 1. The molecular formula is C12H17BrN2O2. The molecule has 1 amide bonds. The minimum absolute atomic E-state index is 0.0133. The van der Waals surface area contributed by atoms with E-state index in [4.69, 9.17) is 10.5 Å². The van der Waals surface area contributed by atoms with Crippen molar-refractivity contribution in [2.75, 3.05) is 13.7 Å². The Hall–Kier alpha value is -1.07. The van der Waals surface area contributed by atoms with Gasteiger partial charge in [-0.3, -0.25) is 4.79 Å². The first-order chi connectivity index (χ1) is 8.06. The van der Waals surface area contributed by atoms with Crippen molar-refractivity contribution in [2.24, 2.45) is 5.73 Å². The van der Waals surface area contributed by atoms with Gasteiger partial charge in [0.05, 0.1) is 13.5 Å². The van der Waals surface area contributed by atoms with Gasteiger partial charge in [-0.05, 0) is 25.1 Å². The van der Waals surface area contributed by atoms with Crippen molar-refractivity contribution in [3.63, 3.8) is 0 Å². The second-order valence-electron chi connectivity index (χ2n) is 3.84. The van der Waals surface area contributed by atoms with Crippen molar-refractivity contribution in [3.05, 3.63) is 28.2 Å². The molecule has 4 nitrogen and oxygen atoms in total. The summed E-state index contributed by atoms with van der Waals surface area (Å²) in [5.74, 6) is 0.656. The van der Waals surface area contributed by atoms with E-state index in [-0.39, 0.29) is 18.4 Å². The molecule has 0 unspecified atom stereocenters. The molecule has 0 radical (unpaired) electrons. The zero-order chi connectivity index (χ0) is 12.8. The maximum absolute atomic E-state index is 11.7. The molecule has 0 aromatic heterocycles. The Kier molecular flexibility index (Phi) is 5.44. The van der Waals surface area contributed by atoms with E-state index in [1.54, 1.807) is 7.11 Å². The van der Waals surface area contributed by atoms with Gasteiger partial charge >= 0.3 is 0 Å². The van der Waals surface area contributed by atoms with Crippen LogP contribution in [0.15, 0.2) is 22.7 Å². The number of halogens is 1. The summed E-state index contributed by atoms with van der Waals surface area (Å²) in [7, 11) is 1.59. The zero-order valence-electron chi connectivity index (χ0n) is 10.00. The van der Waals surface area contributed by atoms with Crippen molar-refractivity contribution >= 4 is 21.8 Å². The number of carbonyl (C=O) groups excluding carboxylic acids is 1. The molecular weight excluding hydrogens is 284 g/mol. The fourth-order valence-corrected chi connectivity index (χ4v) is 1.85. The highest BCUT2D eigenvalue weighted by Crippen LogP contribution is 2.23. The maximum Gasteiger partial charge on any atom is 0.224 e. The molecule has 3 N–H and O–H groups in total. The third-order valence-electron chi connectivity index (χ3n) is 2.35. The van der Waals surface area contributed by atoms with Crippen LogP contribution < -0.4 is 15.8 Å². The summed E-state index contributed by atoms with van der Waals surface area (Å²) in [6.07, 6.45) is 0.285. The van der Waals surface area contributed by atoms with Gasteiger partial charge in [0.1, 0.15) is 5.75 Å². The number of ether oxygens (including phenoxy) is 1. The molecule has 5 heteroatoms. The fourth-order valence-electron chi connectivity index (χ4n) is 1.44. The predicted molar refractivity (Wildman–Crippen MR) is 71.1 cm³/mol. The van der Waals surface area contributed by atoms with Crippen LogP contribution in [0, 0.1) is 0 Å². The van der Waals surface area contributed by atoms with Crippen molar-refractivity contribution in [1.82, 2.24) is 5.32 Å². The largest absolute Gasteiger partial charge is 0.496 e. The summed E-state index contributed by atoms with van der Waals surface area (Å²) in [6.45, 7) is 2.30. The van der Waals surface area contributed by atoms with E-state index in [2.05, 4.69) is 21.2 Å². The fraction of sp³-hybridized carbons (Fsp3) is 0.417. The topological polar surface area (TPSA) is 64.3 Å². The number of hydrogen-bond donors (Lipinski definition) is 2. The summed E-state index contributed by atoms with van der Waals surface area (Å²) in [6, 6.07) is 5.58. The van der Waals surface area contributed by atoms with Gasteiger partial charge in [0.2, 0.25) is 5.91 Å². The Morgan fingerprint density at radius 3 is 2.88 bits per heavy atom. The first-order valence-corrected chi connectivity index (χ1v) is 6.18. The second kappa shape index (κ2) is 6.61. The number of rotatable bonds is 5. The number of methoxy groups -OCH3 is 1. The zero-order valence-corrected chi connectivity index (χ0v) is 11.6. The first-order valence-electron chi connectivity index (χ1n) is 5.38. The number of nitrogens with one attached hydrogen (secondary N) is 1. The lowest BCUT2D eigenvalue weighted by Crippen LogP contribution is -2.38. The molecule has 0 aliphatic carbocycles. The predicted octanol–water partition coefficient (Wildman–Crippen LogP) is 1.46. The van der Waals surface area contributed by atoms with Gasteiger partial charge in [-0.2, -0.15) is 0 Å². The lowest BCUT2D eigenvalue weighted by molar-refractivity contribution is -0.121. The van der Waals surface area contributed by atoms with Gasteiger partial charge in [-0.15, -0.1) is 0 Å². The maximum atomic E-state index is 11.7. The van der Waals surface area contributed by atoms with Gasteiger partial charge in [0.25, 0.3) is 0 Å². The van der Waals surface area contributed by atoms with Crippen LogP contribution in [-0.2, 0) is 11.2 Å². The van der Waals surface area contributed by atoms with Crippen molar-refractivity contribution < 1.29 is 9.53 Å². The molecule has 1 atom stereocenters. The van der Waals surface area contributed by atoms with Crippen molar-refractivity contribution in [2.45, 2.75) is 19.4 Å². The average molecular weight is 301 g/mol. The Morgan fingerprint density at radius 2 is 2.29 bits per heavy atom. The SMILES string of the molecule is COc1ccc(Br)cc1CC(=O)N[C@@H](C)CN. The molecule has 0 bridgehead atoms. The molecule has 0 aliphatic heterocycles. The second-order valence-corrected chi connectivity index (χ2v) is 4.75. The smallest absolute Gasteiger partial charge is 0.224 e. The summed E-state index contributed by atoms with van der Waals surface area (Å²) in [5, 5.41) is 2.81. The highest BCUT2D eigenvalue weighted by atomic mass is 79.9. The van der Waals surface area contributed by atoms with Crippen LogP contribution >= 0.6 is 15.9 Å². The molecule has 0 aliphatic rings. The summed E-state index contributed by atoms with van der Waals surface area (Å²) in [4.78, 5) is 11.7. The summed E-state index contributed by atoms with van der Waals surface area (Å²) >= 11 is 3.37. The van der Waals surface area contributed by atoms with E-state index in [1.165, 1.54) is 0 Å². The summed E-state index contributed by atoms with van der Waals surface area (Å²) < 4.78 is 6.13. The van der Waals surface area contributed by atoms with E-state index in [0.717, 1.165) is 10.0 Å². The quantitative estimate of drug-likeness (QED) is 0.865. The lowest BCUT2D eigenvalue weighted by atomic mass is 10.1. The van der Waals surface area contributed by atoms with Crippen LogP contribution in [0.4, 0.5) is 0 Å². The molecule has 1 aromatic carbocycles. The Bertz CT molecular complexity index is 396. The van der Waals surface area contributed by atoms with E-state index in [9.17, 15) is 4.79 Å². The number of nitrogens with two attached hydrogens (primary N) is 1. The highest BCUT2D eigenvalue weighted by Gasteiger charge is 2.11. The van der Waals surface area contributed by atoms with Crippen molar-refractivity contribution in [1.29, 1.82) is 0 Å². The molecule has 0 fully saturated rings. The van der Waals surface area contributed by atoms with Gasteiger partial charge in [0, 0.05) is 22.6 Å². The Balaban J connectivity index is 2.73. The van der Waals surface area contributed by atoms with Gasteiger partial charge in [0.15, 0.2) is 0 Å². The molecule has 0 saturated carbocycles. The third kappa shape index (κ3) is 4.36. The molecule has 94 valence electrons. The normalized spacial score (nSPS) is 12.0. The first kappa shape index (κ1) is 14.0. The van der Waals surface area contributed by atoms with Gasteiger partial charge < -0.3 is 15.8 Å². The monoisotopic (exact) mass is 300 g/mol. The molecule has 17 heavy (non-hydrogen) atoms. The van der Waals surface area contributed by atoms with Crippen LogP contribution in [-0.4, -0.2) is 25.6 Å². The van der Waals surface area contributed by atoms with Crippen LogP contribution in [0.5, 0.6) is 5.75 Å². The Morgan fingerprint density at radius 1 is 1.59 bits per heavy atom. The number of carbonyl (C=O) groups is 1. The van der Waals surface area contributed by atoms with E-state index >= 15 is 0 Å². The number of hydrogen-bond acceptors (Lipinski definition) is 3.